The van der Waals surface area contributed by atoms with E-state index in [1.54, 1.807) is 10.9 Å². The van der Waals surface area contributed by atoms with Crippen LogP contribution >= 0.6 is 0 Å². The van der Waals surface area contributed by atoms with Crippen LogP contribution in [0, 0.1) is 12.8 Å². The van der Waals surface area contributed by atoms with Crippen LogP contribution in [0.25, 0.3) is 11.3 Å². The van der Waals surface area contributed by atoms with E-state index in [0.29, 0.717) is 11.5 Å². The van der Waals surface area contributed by atoms with Crippen LogP contribution in [-0.4, -0.2) is 25.8 Å². The third-order valence-electron chi connectivity index (χ3n) is 2.74. The Bertz CT molecular complexity index is 566. The maximum atomic E-state index is 11.1. The van der Waals surface area contributed by atoms with Gasteiger partial charge in [-0.25, -0.2) is 0 Å². The molecule has 0 bridgehead atoms. The molecule has 0 aliphatic heterocycles. The van der Waals surface area contributed by atoms with Crippen LogP contribution in [-0.2, 0) is 13.6 Å². The van der Waals surface area contributed by atoms with E-state index in [0.717, 1.165) is 29.8 Å². The molecule has 0 N–H and O–H groups in total. The highest BCUT2D eigenvalue weighted by molar-refractivity contribution is 5.85. The van der Waals surface area contributed by atoms with Crippen LogP contribution in [0.4, 0.5) is 0 Å². The molecule has 0 aliphatic carbocycles. The van der Waals surface area contributed by atoms with Crippen LogP contribution in [0.3, 0.4) is 0 Å². The monoisotopic (exact) mass is 246 g/mol. The number of hydrogen-bond donors (Lipinski definition) is 0. The van der Waals surface area contributed by atoms with Crippen molar-refractivity contribution in [3.05, 3.63) is 23.7 Å². The van der Waals surface area contributed by atoms with Gasteiger partial charge in [-0.05, 0) is 12.8 Å². The summed E-state index contributed by atoms with van der Waals surface area (Å²) in [5.74, 6) is 0.493. The van der Waals surface area contributed by atoms with Crippen molar-refractivity contribution < 1.29 is 4.79 Å². The second-order valence-corrected chi connectivity index (χ2v) is 4.97. The van der Waals surface area contributed by atoms with Crippen molar-refractivity contribution in [1.82, 2.24) is 19.6 Å². The molecule has 0 fully saturated rings. The van der Waals surface area contributed by atoms with Crippen molar-refractivity contribution >= 4 is 6.29 Å². The largest absolute Gasteiger partial charge is 0.298 e. The van der Waals surface area contributed by atoms with Crippen molar-refractivity contribution in [2.75, 3.05) is 0 Å². The summed E-state index contributed by atoms with van der Waals surface area (Å²) in [6.45, 7) is 6.97. The fraction of sp³-hybridized carbons (Fsp3) is 0.462. The molecule has 0 saturated heterocycles. The summed E-state index contributed by atoms with van der Waals surface area (Å²) in [7, 11) is 1.86. The van der Waals surface area contributed by atoms with Gasteiger partial charge in [-0.1, -0.05) is 13.8 Å². The highest BCUT2D eigenvalue weighted by Crippen LogP contribution is 2.23. The van der Waals surface area contributed by atoms with Crippen molar-refractivity contribution in [2.24, 2.45) is 13.0 Å². The molecule has 2 rings (SSSR count). The fourth-order valence-electron chi connectivity index (χ4n) is 2.03. The van der Waals surface area contributed by atoms with E-state index in [2.05, 4.69) is 24.0 Å². The van der Waals surface area contributed by atoms with Gasteiger partial charge in [0.15, 0.2) is 6.29 Å². The molecule has 2 aromatic heterocycles. The van der Waals surface area contributed by atoms with E-state index >= 15 is 0 Å². The quantitative estimate of drug-likeness (QED) is 0.776. The van der Waals surface area contributed by atoms with Crippen LogP contribution in [0.15, 0.2) is 12.4 Å². The molecule has 0 aromatic carbocycles. The molecule has 0 unspecified atom stereocenters. The van der Waals surface area contributed by atoms with Gasteiger partial charge in [0.1, 0.15) is 5.69 Å². The maximum absolute atomic E-state index is 11.1. The minimum absolute atomic E-state index is 0.493. The molecule has 18 heavy (non-hydrogen) atoms. The molecule has 2 aromatic rings. The standard InChI is InChI=1S/C13H18N4O/c1-9(2)5-17-6-11(8-18)13(15-17)12-7-16(4)14-10(12)3/h6-9H,5H2,1-4H3. The van der Waals surface area contributed by atoms with Gasteiger partial charge in [0.25, 0.3) is 0 Å². The minimum Gasteiger partial charge on any atom is -0.298 e. The Morgan fingerprint density at radius 2 is 2.06 bits per heavy atom. The van der Waals surface area contributed by atoms with E-state index < -0.39 is 0 Å². The SMILES string of the molecule is Cc1nn(C)cc1-c1nn(CC(C)C)cc1C=O. The third kappa shape index (κ3) is 2.34. The lowest BCUT2D eigenvalue weighted by Crippen LogP contribution is -2.04. The average Bonchev–Trinajstić information content (AvgIpc) is 2.80. The molecule has 2 heterocycles. The number of carbonyl (C=O) groups excluding carboxylic acids is 1. The van der Waals surface area contributed by atoms with Gasteiger partial charge in [0.05, 0.1) is 11.3 Å². The zero-order valence-corrected chi connectivity index (χ0v) is 11.2. The molecule has 0 saturated carbocycles. The Morgan fingerprint density at radius 3 is 2.56 bits per heavy atom. The van der Waals surface area contributed by atoms with Gasteiger partial charge in [-0.3, -0.25) is 14.2 Å². The summed E-state index contributed by atoms with van der Waals surface area (Å²) in [6.07, 6.45) is 4.55. The second-order valence-electron chi connectivity index (χ2n) is 4.97. The molecule has 0 aliphatic rings. The Balaban J connectivity index is 2.46. The van der Waals surface area contributed by atoms with E-state index in [4.69, 9.17) is 0 Å². The van der Waals surface area contributed by atoms with Gasteiger partial charge < -0.3 is 0 Å². The van der Waals surface area contributed by atoms with Gasteiger partial charge >= 0.3 is 0 Å². The lowest BCUT2D eigenvalue weighted by atomic mass is 10.1. The van der Waals surface area contributed by atoms with Gasteiger partial charge in [0, 0.05) is 31.5 Å². The van der Waals surface area contributed by atoms with Crippen LogP contribution in [0.1, 0.15) is 29.9 Å². The molecule has 5 heteroatoms. The van der Waals surface area contributed by atoms with Crippen LogP contribution in [0.2, 0.25) is 0 Å². The van der Waals surface area contributed by atoms with Gasteiger partial charge in [0.2, 0.25) is 0 Å². The number of aromatic nitrogens is 4. The van der Waals surface area contributed by atoms with Crippen molar-refractivity contribution in [3.63, 3.8) is 0 Å². The highest BCUT2D eigenvalue weighted by Gasteiger charge is 2.15. The summed E-state index contributed by atoms with van der Waals surface area (Å²) in [6, 6.07) is 0. The zero-order chi connectivity index (χ0) is 13.3. The number of rotatable bonds is 4. The minimum atomic E-state index is 0.493. The maximum Gasteiger partial charge on any atom is 0.153 e. The molecule has 0 spiro atoms. The first-order chi connectivity index (χ1) is 8.51. The molecular formula is C13H18N4O. The number of aryl methyl sites for hydroxylation is 2. The van der Waals surface area contributed by atoms with Gasteiger partial charge in [-0.2, -0.15) is 10.2 Å². The molecule has 96 valence electrons. The number of aldehydes is 1. The van der Waals surface area contributed by atoms with Crippen molar-refractivity contribution in [2.45, 2.75) is 27.3 Å². The predicted molar refractivity (Wildman–Crippen MR) is 69.4 cm³/mol. The van der Waals surface area contributed by atoms with Crippen molar-refractivity contribution in [3.8, 4) is 11.3 Å². The van der Waals surface area contributed by atoms with Crippen molar-refractivity contribution in [1.29, 1.82) is 0 Å². The Morgan fingerprint density at radius 1 is 1.33 bits per heavy atom. The Labute approximate surface area is 106 Å². The van der Waals surface area contributed by atoms with Crippen LogP contribution < -0.4 is 0 Å². The molecule has 0 radical (unpaired) electrons. The van der Waals surface area contributed by atoms with Crippen LogP contribution in [0.5, 0.6) is 0 Å². The topological polar surface area (TPSA) is 52.7 Å². The first-order valence-electron chi connectivity index (χ1n) is 6.04. The lowest BCUT2D eigenvalue weighted by Gasteiger charge is -2.03. The molecular weight excluding hydrogens is 228 g/mol. The number of nitrogens with zero attached hydrogens (tertiary/aromatic N) is 4. The molecule has 0 atom stereocenters. The van der Waals surface area contributed by atoms with Gasteiger partial charge in [-0.15, -0.1) is 0 Å². The second kappa shape index (κ2) is 4.76. The number of carbonyl (C=O) groups is 1. The highest BCUT2D eigenvalue weighted by atomic mass is 16.1. The van der Waals surface area contributed by atoms with E-state index in [-0.39, 0.29) is 0 Å². The third-order valence-corrected chi connectivity index (χ3v) is 2.74. The van der Waals surface area contributed by atoms with E-state index in [1.807, 2.05) is 24.9 Å². The Kier molecular flexibility index (Phi) is 3.32. The summed E-state index contributed by atoms with van der Waals surface area (Å²) in [4.78, 5) is 11.1. The summed E-state index contributed by atoms with van der Waals surface area (Å²) in [5, 5.41) is 8.78. The molecule has 5 nitrogen and oxygen atoms in total. The fourth-order valence-corrected chi connectivity index (χ4v) is 2.03. The summed E-state index contributed by atoms with van der Waals surface area (Å²) < 4.78 is 3.57. The first kappa shape index (κ1) is 12.5. The normalized spacial score (nSPS) is 11.2. The van der Waals surface area contributed by atoms with E-state index in [9.17, 15) is 4.79 Å². The average molecular weight is 246 g/mol. The Hall–Kier alpha value is -1.91. The predicted octanol–water partition coefficient (Wildman–Crippen LogP) is 2.06. The number of hydrogen-bond acceptors (Lipinski definition) is 3. The first-order valence-corrected chi connectivity index (χ1v) is 6.04. The summed E-state index contributed by atoms with van der Waals surface area (Å²) in [5.41, 5.74) is 3.14. The summed E-state index contributed by atoms with van der Waals surface area (Å²) >= 11 is 0. The molecule has 0 amide bonds. The zero-order valence-electron chi connectivity index (χ0n) is 11.2. The van der Waals surface area contributed by atoms with E-state index in [1.165, 1.54) is 0 Å². The smallest absolute Gasteiger partial charge is 0.153 e. The lowest BCUT2D eigenvalue weighted by molar-refractivity contribution is 0.112.